The number of nitrogens with zero attached hydrogens (tertiary/aromatic N) is 3. The van der Waals surface area contributed by atoms with Crippen molar-refractivity contribution in [2.24, 2.45) is 5.92 Å². The summed E-state index contributed by atoms with van der Waals surface area (Å²) < 4.78 is 14.1. The third-order valence-corrected chi connectivity index (χ3v) is 6.99. The molecule has 1 aromatic carbocycles. The van der Waals surface area contributed by atoms with Crippen LogP contribution in [0.3, 0.4) is 0 Å². The molecule has 0 radical (unpaired) electrons. The molecule has 32 heavy (non-hydrogen) atoms. The normalized spacial score (nSPS) is 23.3. The van der Waals surface area contributed by atoms with Gasteiger partial charge in [-0.25, -0.2) is 9.37 Å². The molecule has 1 aromatic heterocycles. The van der Waals surface area contributed by atoms with Crippen molar-refractivity contribution in [2.45, 2.75) is 57.7 Å². The molecule has 1 fully saturated rings. The molecule has 1 aliphatic carbocycles. The highest BCUT2D eigenvalue weighted by Crippen LogP contribution is 2.33. The number of fused-ring (bicyclic) bond motifs is 1. The number of aromatic nitrogens is 2. The van der Waals surface area contributed by atoms with Crippen molar-refractivity contribution >= 4 is 5.91 Å². The number of carbonyl (C=O) groups excluding carboxylic acids is 1. The van der Waals surface area contributed by atoms with Crippen molar-refractivity contribution in [1.29, 1.82) is 0 Å². The Balaban J connectivity index is 1.37. The first-order valence-corrected chi connectivity index (χ1v) is 11.6. The van der Waals surface area contributed by atoms with Crippen LogP contribution in [-0.4, -0.2) is 38.8 Å². The van der Waals surface area contributed by atoms with Gasteiger partial charge in [0, 0.05) is 43.2 Å². The van der Waals surface area contributed by atoms with Gasteiger partial charge in [-0.2, -0.15) is 0 Å². The molecule has 7 heteroatoms. The molecule has 2 atom stereocenters. The third-order valence-electron chi connectivity index (χ3n) is 6.99. The maximum absolute atomic E-state index is 14.1. The van der Waals surface area contributed by atoms with Crippen LogP contribution in [0.25, 0.3) is 0 Å². The second-order valence-corrected chi connectivity index (χ2v) is 9.10. The summed E-state index contributed by atoms with van der Waals surface area (Å²) in [4.78, 5) is 37.9. The van der Waals surface area contributed by atoms with Gasteiger partial charge < -0.3 is 9.88 Å². The molecule has 6 nitrogen and oxygen atoms in total. The van der Waals surface area contributed by atoms with E-state index in [-0.39, 0.29) is 29.2 Å². The van der Waals surface area contributed by atoms with Gasteiger partial charge in [-0.05, 0) is 44.6 Å². The Labute approximate surface area is 187 Å². The van der Waals surface area contributed by atoms with Crippen molar-refractivity contribution in [3.05, 3.63) is 75.2 Å². The van der Waals surface area contributed by atoms with Crippen molar-refractivity contribution in [1.82, 2.24) is 19.8 Å². The van der Waals surface area contributed by atoms with Crippen LogP contribution in [-0.2, 0) is 24.3 Å². The third kappa shape index (κ3) is 4.13. The predicted molar refractivity (Wildman–Crippen MR) is 119 cm³/mol. The summed E-state index contributed by atoms with van der Waals surface area (Å²) in [5.74, 6) is 0.592. The molecule has 0 bridgehead atoms. The van der Waals surface area contributed by atoms with Gasteiger partial charge in [-0.15, -0.1) is 0 Å². The van der Waals surface area contributed by atoms with E-state index in [0.29, 0.717) is 49.6 Å². The highest BCUT2D eigenvalue weighted by Gasteiger charge is 2.36. The maximum Gasteiger partial charge on any atom is 0.254 e. The van der Waals surface area contributed by atoms with E-state index in [1.165, 1.54) is 6.07 Å². The second-order valence-electron chi connectivity index (χ2n) is 9.10. The molecular weight excluding hydrogens is 407 g/mol. The number of likely N-dealkylation sites (tertiary alicyclic amines) is 1. The van der Waals surface area contributed by atoms with Gasteiger partial charge in [0.25, 0.3) is 5.56 Å². The minimum Gasteiger partial charge on any atom is -0.332 e. The van der Waals surface area contributed by atoms with Crippen LogP contribution < -0.4 is 5.56 Å². The number of hydrogen-bond acceptors (Lipinski definition) is 4. The van der Waals surface area contributed by atoms with Gasteiger partial charge >= 0.3 is 0 Å². The fourth-order valence-electron chi connectivity index (χ4n) is 5.24. The molecule has 0 spiro atoms. The van der Waals surface area contributed by atoms with E-state index in [9.17, 15) is 14.0 Å². The van der Waals surface area contributed by atoms with Crippen molar-refractivity contribution in [2.75, 3.05) is 13.1 Å². The molecule has 2 aromatic rings. The molecule has 1 amide bonds. The SMILES string of the molecule is O=C([C@@H]1CC=CCC1)N1CCC[C@H]1c1nc2c(c(=O)[nH]1)CCN(Cc1ccccc1F)C2. The first-order valence-electron chi connectivity index (χ1n) is 11.6. The van der Waals surface area contributed by atoms with Crippen LogP contribution in [0.4, 0.5) is 4.39 Å². The lowest BCUT2D eigenvalue weighted by molar-refractivity contribution is -0.136. The summed E-state index contributed by atoms with van der Waals surface area (Å²) in [5, 5.41) is 0. The fourth-order valence-corrected chi connectivity index (χ4v) is 5.24. The standard InChI is InChI=1S/C25H29FN4O2/c26-20-10-5-4-9-18(20)15-29-14-12-19-21(16-29)27-23(28-24(19)31)22-11-6-13-30(22)25(32)17-7-2-1-3-8-17/h1-2,4-5,9-10,17,22H,3,6-8,11-16H2,(H,27,28,31)/t17-,22+/m1/s1. The molecule has 0 unspecified atom stereocenters. The number of rotatable bonds is 4. The summed E-state index contributed by atoms with van der Waals surface area (Å²) in [6.07, 6.45) is 9.18. The quantitative estimate of drug-likeness (QED) is 0.745. The number of carbonyl (C=O) groups is 1. The topological polar surface area (TPSA) is 69.3 Å². The first kappa shape index (κ1) is 21.1. The molecule has 3 aliphatic rings. The van der Waals surface area contributed by atoms with E-state index in [2.05, 4.69) is 22.0 Å². The number of aromatic amines is 1. The summed E-state index contributed by atoms with van der Waals surface area (Å²) in [5.41, 5.74) is 2.02. The van der Waals surface area contributed by atoms with Gasteiger partial charge in [-0.1, -0.05) is 30.4 Å². The largest absolute Gasteiger partial charge is 0.332 e. The van der Waals surface area contributed by atoms with Crippen molar-refractivity contribution in [3.63, 3.8) is 0 Å². The van der Waals surface area contributed by atoms with E-state index in [4.69, 9.17) is 4.98 Å². The Morgan fingerprint density at radius 1 is 1.19 bits per heavy atom. The van der Waals surface area contributed by atoms with Gasteiger partial charge in [-0.3, -0.25) is 14.5 Å². The molecule has 0 saturated carbocycles. The van der Waals surface area contributed by atoms with Crippen molar-refractivity contribution in [3.8, 4) is 0 Å². The van der Waals surface area contributed by atoms with Crippen LogP contribution in [0.15, 0.2) is 41.2 Å². The predicted octanol–water partition coefficient (Wildman–Crippen LogP) is 3.49. The van der Waals surface area contributed by atoms with Crippen molar-refractivity contribution < 1.29 is 9.18 Å². The van der Waals surface area contributed by atoms with Crippen LogP contribution in [0.5, 0.6) is 0 Å². The minimum atomic E-state index is -0.212. The summed E-state index contributed by atoms with van der Waals surface area (Å²) in [6, 6.07) is 6.63. The van der Waals surface area contributed by atoms with Crippen LogP contribution in [0.1, 0.15) is 60.8 Å². The average Bonchev–Trinajstić information content (AvgIpc) is 3.30. The number of nitrogens with one attached hydrogen (secondary N) is 1. The Bertz CT molecular complexity index is 1100. The lowest BCUT2D eigenvalue weighted by Crippen LogP contribution is -2.39. The van der Waals surface area contributed by atoms with Crippen LogP contribution in [0.2, 0.25) is 0 Å². The number of H-pyrrole nitrogens is 1. The van der Waals surface area contributed by atoms with E-state index < -0.39 is 0 Å². The van der Waals surface area contributed by atoms with Gasteiger partial charge in [0.05, 0.1) is 11.7 Å². The molecule has 2 aliphatic heterocycles. The highest BCUT2D eigenvalue weighted by molar-refractivity contribution is 5.80. The summed E-state index contributed by atoms with van der Waals surface area (Å²) >= 11 is 0. The summed E-state index contributed by atoms with van der Waals surface area (Å²) in [7, 11) is 0. The Kier molecular flexibility index (Phi) is 5.91. The van der Waals surface area contributed by atoms with Gasteiger partial charge in [0.1, 0.15) is 11.6 Å². The Morgan fingerprint density at radius 2 is 2.06 bits per heavy atom. The van der Waals surface area contributed by atoms with E-state index in [1.807, 2.05) is 11.0 Å². The lowest BCUT2D eigenvalue weighted by Gasteiger charge is -2.31. The number of benzene rings is 1. The number of hydrogen-bond donors (Lipinski definition) is 1. The molecule has 168 valence electrons. The number of allylic oxidation sites excluding steroid dienone is 2. The van der Waals surface area contributed by atoms with E-state index in [1.54, 1.807) is 12.1 Å². The lowest BCUT2D eigenvalue weighted by atomic mass is 9.93. The van der Waals surface area contributed by atoms with E-state index >= 15 is 0 Å². The monoisotopic (exact) mass is 436 g/mol. The number of halogens is 1. The smallest absolute Gasteiger partial charge is 0.254 e. The minimum absolute atomic E-state index is 0.0289. The zero-order chi connectivity index (χ0) is 22.1. The molecular formula is C25H29FN4O2. The van der Waals surface area contributed by atoms with Gasteiger partial charge in [0.15, 0.2) is 0 Å². The molecule has 5 rings (SSSR count). The molecule has 3 heterocycles. The second kappa shape index (κ2) is 8.98. The van der Waals surface area contributed by atoms with Crippen LogP contribution in [0, 0.1) is 11.7 Å². The highest BCUT2D eigenvalue weighted by atomic mass is 19.1. The van der Waals surface area contributed by atoms with Crippen LogP contribution >= 0.6 is 0 Å². The van der Waals surface area contributed by atoms with E-state index in [0.717, 1.165) is 37.8 Å². The molecule has 1 saturated heterocycles. The Morgan fingerprint density at radius 3 is 2.88 bits per heavy atom. The average molecular weight is 437 g/mol. The fraction of sp³-hybridized carbons (Fsp3) is 0.480. The number of amides is 1. The summed E-state index contributed by atoms with van der Waals surface area (Å²) in [6.45, 7) is 2.40. The Hall–Kier alpha value is -2.80. The molecule has 1 N–H and O–H groups in total. The first-order chi connectivity index (χ1) is 15.6. The zero-order valence-electron chi connectivity index (χ0n) is 18.2. The zero-order valence-corrected chi connectivity index (χ0v) is 18.2. The maximum atomic E-state index is 14.1. The van der Waals surface area contributed by atoms with Gasteiger partial charge in [0.2, 0.25) is 5.91 Å².